The summed E-state index contributed by atoms with van der Waals surface area (Å²) >= 11 is 0. The SMILES string of the molecule is O=S(=O)(CCCC(F)(F)F)N1CCN2C[C@@H](Oc3cnc(C4CC4)cn3)C[C@H]2C1. The third-order valence-electron chi connectivity index (χ3n) is 5.73. The van der Waals surface area contributed by atoms with Gasteiger partial charge in [-0.15, -0.1) is 0 Å². The van der Waals surface area contributed by atoms with Gasteiger partial charge in [-0.1, -0.05) is 0 Å². The van der Waals surface area contributed by atoms with E-state index in [1.165, 1.54) is 4.31 Å². The van der Waals surface area contributed by atoms with Gasteiger partial charge in [0, 0.05) is 51.0 Å². The quantitative estimate of drug-likeness (QED) is 0.655. The lowest BCUT2D eigenvalue weighted by Crippen LogP contribution is -2.52. The van der Waals surface area contributed by atoms with Crippen LogP contribution >= 0.6 is 0 Å². The number of fused-ring (bicyclic) bond motifs is 1. The average molecular weight is 434 g/mol. The van der Waals surface area contributed by atoms with E-state index in [0.29, 0.717) is 44.4 Å². The largest absolute Gasteiger partial charge is 0.472 e. The van der Waals surface area contributed by atoms with Crippen LogP contribution in [0.4, 0.5) is 13.2 Å². The minimum atomic E-state index is -4.33. The molecule has 2 aliphatic heterocycles. The van der Waals surface area contributed by atoms with Crippen molar-refractivity contribution in [2.75, 3.05) is 31.9 Å². The summed E-state index contributed by atoms with van der Waals surface area (Å²) in [5.74, 6) is 0.527. The monoisotopic (exact) mass is 434 g/mol. The van der Waals surface area contributed by atoms with Gasteiger partial charge >= 0.3 is 6.18 Å². The number of piperazine rings is 1. The van der Waals surface area contributed by atoms with E-state index in [0.717, 1.165) is 18.5 Å². The number of rotatable bonds is 7. The van der Waals surface area contributed by atoms with Gasteiger partial charge in [0.1, 0.15) is 6.10 Å². The molecule has 11 heteroatoms. The Hall–Kier alpha value is -1.46. The number of aromatic nitrogens is 2. The van der Waals surface area contributed by atoms with Crippen LogP contribution in [0.15, 0.2) is 12.4 Å². The Kier molecular flexibility index (Phi) is 5.73. The van der Waals surface area contributed by atoms with Gasteiger partial charge in [0.05, 0.1) is 23.8 Å². The highest BCUT2D eigenvalue weighted by Crippen LogP contribution is 2.38. The molecule has 3 heterocycles. The number of sulfonamides is 1. The first-order valence-electron chi connectivity index (χ1n) is 9.97. The van der Waals surface area contributed by atoms with Crippen molar-refractivity contribution in [3.05, 3.63) is 18.1 Å². The molecule has 0 N–H and O–H groups in total. The highest BCUT2D eigenvalue weighted by Gasteiger charge is 2.40. The lowest BCUT2D eigenvalue weighted by atomic mass is 10.2. The van der Waals surface area contributed by atoms with Crippen LogP contribution in [0, 0.1) is 0 Å². The molecule has 1 aromatic rings. The van der Waals surface area contributed by atoms with Gasteiger partial charge in [0.2, 0.25) is 15.9 Å². The van der Waals surface area contributed by atoms with E-state index in [4.69, 9.17) is 4.74 Å². The van der Waals surface area contributed by atoms with Gasteiger partial charge in [-0.05, 0) is 19.3 Å². The molecule has 3 fully saturated rings. The van der Waals surface area contributed by atoms with Crippen LogP contribution in [0.25, 0.3) is 0 Å². The molecular formula is C18H25F3N4O3S. The van der Waals surface area contributed by atoms with Crippen molar-refractivity contribution >= 4 is 10.0 Å². The van der Waals surface area contributed by atoms with Gasteiger partial charge in [0.15, 0.2) is 0 Å². The number of hydrogen-bond acceptors (Lipinski definition) is 6. The van der Waals surface area contributed by atoms with Crippen molar-refractivity contribution in [1.29, 1.82) is 0 Å². The summed E-state index contributed by atoms with van der Waals surface area (Å²) in [4.78, 5) is 10.9. The molecule has 4 rings (SSSR count). The topological polar surface area (TPSA) is 75.6 Å². The lowest BCUT2D eigenvalue weighted by molar-refractivity contribution is -0.134. The molecule has 0 bridgehead atoms. The Morgan fingerprint density at radius 2 is 1.93 bits per heavy atom. The van der Waals surface area contributed by atoms with Crippen LogP contribution in [-0.4, -0.2) is 77.8 Å². The van der Waals surface area contributed by atoms with Crippen molar-refractivity contribution in [3.8, 4) is 5.88 Å². The summed E-state index contributed by atoms with van der Waals surface area (Å²) in [7, 11) is -3.68. The molecule has 1 aliphatic carbocycles. The lowest BCUT2D eigenvalue weighted by Gasteiger charge is -2.36. The molecule has 2 saturated heterocycles. The predicted molar refractivity (Wildman–Crippen MR) is 99.0 cm³/mol. The van der Waals surface area contributed by atoms with Crippen molar-refractivity contribution in [2.24, 2.45) is 0 Å². The van der Waals surface area contributed by atoms with Gasteiger partial charge in [-0.25, -0.2) is 13.4 Å². The number of nitrogens with zero attached hydrogens (tertiary/aromatic N) is 4. The predicted octanol–water partition coefficient (Wildman–Crippen LogP) is 2.16. The normalized spacial score (nSPS) is 26.4. The Morgan fingerprint density at radius 3 is 2.59 bits per heavy atom. The number of halogens is 3. The zero-order chi connectivity index (χ0) is 20.6. The molecular weight excluding hydrogens is 409 g/mol. The first kappa shape index (κ1) is 20.8. The first-order chi connectivity index (χ1) is 13.7. The summed E-state index contributed by atoms with van der Waals surface area (Å²) in [5, 5.41) is 0. The molecule has 2 atom stereocenters. The maximum atomic E-state index is 12.4. The van der Waals surface area contributed by atoms with Gasteiger partial charge < -0.3 is 4.74 Å². The molecule has 0 amide bonds. The van der Waals surface area contributed by atoms with E-state index < -0.39 is 34.8 Å². The van der Waals surface area contributed by atoms with E-state index in [-0.39, 0.29) is 12.1 Å². The third-order valence-corrected chi connectivity index (χ3v) is 7.65. The zero-order valence-electron chi connectivity index (χ0n) is 16.0. The average Bonchev–Trinajstić information content (AvgIpc) is 3.40. The number of alkyl halides is 3. The smallest absolute Gasteiger partial charge is 0.389 e. The second-order valence-electron chi connectivity index (χ2n) is 8.07. The number of ether oxygens (including phenoxy) is 1. The van der Waals surface area contributed by atoms with Crippen LogP contribution in [0.1, 0.15) is 43.7 Å². The molecule has 1 saturated carbocycles. The summed E-state index contributed by atoms with van der Waals surface area (Å²) < 4.78 is 69.0. The minimum absolute atomic E-state index is 0.00448. The van der Waals surface area contributed by atoms with Gasteiger partial charge in [0.25, 0.3) is 0 Å². The molecule has 162 valence electrons. The van der Waals surface area contributed by atoms with E-state index in [1.54, 1.807) is 12.4 Å². The Morgan fingerprint density at radius 1 is 1.14 bits per heavy atom. The van der Waals surface area contributed by atoms with Crippen LogP contribution < -0.4 is 4.74 Å². The van der Waals surface area contributed by atoms with Crippen LogP contribution in [0.3, 0.4) is 0 Å². The van der Waals surface area contributed by atoms with E-state index in [1.807, 2.05) is 0 Å². The minimum Gasteiger partial charge on any atom is -0.472 e. The molecule has 0 radical (unpaired) electrons. The summed E-state index contributed by atoms with van der Waals surface area (Å²) in [6, 6.07) is 0.00448. The fraction of sp³-hybridized carbons (Fsp3) is 0.778. The molecule has 3 aliphatic rings. The second kappa shape index (κ2) is 7.99. The van der Waals surface area contributed by atoms with E-state index in [2.05, 4.69) is 14.9 Å². The van der Waals surface area contributed by atoms with Gasteiger partial charge in [-0.2, -0.15) is 17.5 Å². The highest BCUT2D eigenvalue weighted by molar-refractivity contribution is 7.89. The Labute approximate surface area is 168 Å². The van der Waals surface area contributed by atoms with Crippen molar-refractivity contribution in [1.82, 2.24) is 19.2 Å². The summed E-state index contributed by atoms with van der Waals surface area (Å²) in [6.45, 7) is 1.82. The number of hydrogen-bond donors (Lipinski definition) is 0. The summed E-state index contributed by atoms with van der Waals surface area (Å²) in [5.41, 5.74) is 0.993. The van der Waals surface area contributed by atoms with Crippen molar-refractivity contribution in [3.63, 3.8) is 0 Å². The van der Waals surface area contributed by atoms with Crippen LogP contribution in [-0.2, 0) is 10.0 Å². The zero-order valence-corrected chi connectivity index (χ0v) is 16.8. The van der Waals surface area contributed by atoms with Crippen molar-refractivity contribution in [2.45, 2.75) is 56.3 Å². The molecule has 29 heavy (non-hydrogen) atoms. The second-order valence-corrected chi connectivity index (χ2v) is 10.2. The van der Waals surface area contributed by atoms with Crippen LogP contribution in [0.2, 0.25) is 0 Å². The molecule has 0 unspecified atom stereocenters. The fourth-order valence-corrected chi connectivity index (χ4v) is 5.56. The van der Waals surface area contributed by atoms with Crippen molar-refractivity contribution < 1.29 is 26.3 Å². The standard InChI is InChI=1S/C18H25F3N4O3S/c19-18(20,21)4-1-7-29(26,27)25-6-5-24-12-15(8-14(24)11-25)28-17-10-22-16(9-23-17)13-2-3-13/h9-10,13-15H,1-8,11-12H2/t14-,15-/m0/s1. The maximum absolute atomic E-state index is 12.4. The Balaban J connectivity index is 1.28. The Bertz CT molecular complexity index is 815. The molecule has 0 spiro atoms. The molecule has 0 aromatic carbocycles. The van der Waals surface area contributed by atoms with E-state index >= 15 is 0 Å². The molecule has 1 aromatic heterocycles. The van der Waals surface area contributed by atoms with Gasteiger partial charge in [-0.3, -0.25) is 9.88 Å². The summed E-state index contributed by atoms with van der Waals surface area (Å²) in [6.07, 6.45) is 0.448. The van der Waals surface area contributed by atoms with Crippen LogP contribution in [0.5, 0.6) is 5.88 Å². The first-order valence-corrected chi connectivity index (χ1v) is 11.6. The highest BCUT2D eigenvalue weighted by atomic mass is 32.2. The van der Waals surface area contributed by atoms with E-state index in [9.17, 15) is 21.6 Å². The maximum Gasteiger partial charge on any atom is 0.389 e. The fourth-order valence-electron chi connectivity index (χ4n) is 4.04. The molecule has 7 nitrogen and oxygen atoms in total. The third kappa shape index (κ3) is 5.37.